The summed E-state index contributed by atoms with van der Waals surface area (Å²) in [6.45, 7) is 0. The molecule has 9 rings (SSSR count). The number of aromatic nitrogens is 2. The van der Waals surface area contributed by atoms with E-state index in [0.717, 1.165) is 83.1 Å². The monoisotopic (exact) mass is 564 g/mol. The molecular weight excluding hydrogens is 540 g/mol. The Balaban J connectivity index is 1.20. The van der Waals surface area contributed by atoms with Crippen molar-refractivity contribution in [3.05, 3.63) is 146 Å². The molecule has 0 atom stereocenters. The van der Waals surface area contributed by atoms with Crippen LogP contribution in [0.1, 0.15) is 0 Å². The summed E-state index contributed by atoms with van der Waals surface area (Å²) in [6.07, 6.45) is 0. The fourth-order valence-corrected chi connectivity index (χ4v) is 6.19. The molecule has 0 fully saturated rings. The van der Waals surface area contributed by atoms with Gasteiger partial charge < -0.3 is 8.83 Å². The molecule has 4 heteroatoms. The molecule has 0 saturated heterocycles. The maximum Gasteiger partial charge on any atom is 0.160 e. The van der Waals surface area contributed by atoms with E-state index in [1.165, 1.54) is 0 Å². The zero-order valence-corrected chi connectivity index (χ0v) is 23.6. The zero-order chi connectivity index (χ0) is 29.0. The topological polar surface area (TPSA) is 52.1 Å². The molecule has 3 heterocycles. The average Bonchev–Trinajstić information content (AvgIpc) is 3.66. The molecule has 44 heavy (non-hydrogen) atoms. The molecule has 0 aliphatic rings. The van der Waals surface area contributed by atoms with Crippen LogP contribution >= 0.6 is 0 Å². The molecule has 0 amide bonds. The fourth-order valence-electron chi connectivity index (χ4n) is 6.19. The van der Waals surface area contributed by atoms with Gasteiger partial charge in [0.15, 0.2) is 5.82 Å². The lowest BCUT2D eigenvalue weighted by atomic mass is 9.97. The molecule has 0 aliphatic carbocycles. The highest BCUT2D eigenvalue weighted by Gasteiger charge is 2.17. The molecule has 3 aromatic heterocycles. The van der Waals surface area contributed by atoms with E-state index in [2.05, 4.69) is 78.9 Å². The van der Waals surface area contributed by atoms with E-state index in [1.807, 2.05) is 66.7 Å². The molecule has 0 saturated carbocycles. The number of hydrogen-bond donors (Lipinski definition) is 0. The van der Waals surface area contributed by atoms with Crippen LogP contribution in [0.5, 0.6) is 0 Å². The first-order valence-corrected chi connectivity index (χ1v) is 14.7. The highest BCUT2D eigenvalue weighted by atomic mass is 16.3. The van der Waals surface area contributed by atoms with Crippen molar-refractivity contribution < 1.29 is 8.83 Å². The van der Waals surface area contributed by atoms with Gasteiger partial charge in [0, 0.05) is 38.2 Å². The maximum absolute atomic E-state index is 6.49. The minimum absolute atomic E-state index is 0.691. The van der Waals surface area contributed by atoms with Gasteiger partial charge in [-0.3, -0.25) is 0 Å². The molecule has 0 unspecified atom stereocenters. The SMILES string of the molecule is c1ccc(-c2cc(-c3ccc4c(c3)oc3cccc(-c5ccc6oc7ccccc7c6c5)c34)nc(-c3ccccc3)n2)cc1. The third-order valence-corrected chi connectivity index (χ3v) is 8.31. The van der Waals surface area contributed by atoms with Crippen molar-refractivity contribution in [2.24, 2.45) is 0 Å². The molecule has 0 bridgehead atoms. The van der Waals surface area contributed by atoms with Gasteiger partial charge in [0.25, 0.3) is 0 Å². The van der Waals surface area contributed by atoms with E-state index < -0.39 is 0 Å². The first kappa shape index (κ1) is 24.6. The first-order chi connectivity index (χ1) is 21.8. The van der Waals surface area contributed by atoms with Crippen molar-refractivity contribution in [3.63, 3.8) is 0 Å². The Morgan fingerprint density at radius 2 is 1.02 bits per heavy atom. The predicted octanol–water partition coefficient (Wildman–Crippen LogP) is 10.9. The first-order valence-electron chi connectivity index (χ1n) is 14.7. The number of furan rings is 2. The summed E-state index contributed by atoms with van der Waals surface area (Å²) < 4.78 is 12.6. The highest BCUT2D eigenvalue weighted by Crippen LogP contribution is 2.40. The van der Waals surface area contributed by atoms with Crippen LogP contribution in [0.4, 0.5) is 0 Å². The van der Waals surface area contributed by atoms with Crippen molar-refractivity contribution in [2.45, 2.75) is 0 Å². The quantitative estimate of drug-likeness (QED) is 0.213. The molecular formula is C40H24N2O2. The van der Waals surface area contributed by atoms with Crippen molar-refractivity contribution in [2.75, 3.05) is 0 Å². The number of rotatable bonds is 4. The van der Waals surface area contributed by atoms with Gasteiger partial charge in [-0.25, -0.2) is 9.97 Å². The van der Waals surface area contributed by atoms with Gasteiger partial charge in [0.05, 0.1) is 11.4 Å². The predicted molar refractivity (Wildman–Crippen MR) is 178 cm³/mol. The normalized spacial score (nSPS) is 11.6. The smallest absolute Gasteiger partial charge is 0.160 e. The summed E-state index contributed by atoms with van der Waals surface area (Å²) in [6, 6.07) is 49.6. The van der Waals surface area contributed by atoms with E-state index in [9.17, 15) is 0 Å². The third kappa shape index (κ3) is 4.00. The summed E-state index contributed by atoms with van der Waals surface area (Å²) in [5.74, 6) is 0.691. The largest absolute Gasteiger partial charge is 0.456 e. The van der Waals surface area contributed by atoms with Gasteiger partial charge in [-0.1, -0.05) is 103 Å². The minimum Gasteiger partial charge on any atom is -0.456 e. The Kier molecular flexibility index (Phi) is 5.47. The molecule has 206 valence electrons. The lowest BCUT2D eigenvalue weighted by Crippen LogP contribution is -1.95. The zero-order valence-electron chi connectivity index (χ0n) is 23.6. The second-order valence-electron chi connectivity index (χ2n) is 11.0. The number of hydrogen-bond acceptors (Lipinski definition) is 4. The standard InChI is InChI=1S/C40H24N2O2/c1-3-10-25(11-4-1)33-24-34(42-40(41-33)26-12-5-2-6-13-26)28-18-20-31-38(23-28)44-37-17-9-15-29(39(31)37)27-19-21-36-32(22-27)30-14-7-8-16-35(30)43-36/h1-24H. The number of nitrogens with zero attached hydrogens (tertiary/aromatic N) is 2. The Labute approximate surface area is 252 Å². The number of para-hydroxylation sites is 1. The summed E-state index contributed by atoms with van der Waals surface area (Å²) >= 11 is 0. The van der Waals surface area contributed by atoms with Gasteiger partial charge in [-0.05, 0) is 53.6 Å². The van der Waals surface area contributed by atoms with Crippen LogP contribution in [0.15, 0.2) is 154 Å². The third-order valence-electron chi connectivity index (χ3n) is 8.31. The lowest BCUT2D eigenvalue weighted by molar-refractivity contribution is 0.669. The van der Waals surface area contributed by atoms with Gasteiger partial charge in [0.1, 0.15) is 22.3 Å². The summed E-state index contributed by atoms with van der Waals surface area (Å²) in [5, 5.41) is 4.39. The Hall–Kier alpha value is -6.00. The molecule has 0 spiro atoms. The van der Waals surface area contributed by atoms with Crippen LogP contribution in [0, 0.1) is 0 Å². The molecule has 0 aliphatic heterocycles. The Bertz CT molecular complexity index is 2430. The molecule has 0 radical (unpaired) electrons. The summed E-state index contributed by atoms with van der Waals surface area (Å²) in [7, 11) is 0. The fraction of sp³-hybridized carbons (Fsp3) is 0. The van der Waals surface area contributed by atoms with Crippen LogP contribution in [0.25, 0.3) is 88.9 Å². The molecule has 6 aromatic carbocycles. The van der Waals surface area contributed by atoms with Gasteiger partial charge in [-0.2, -0.15) is 0 Å². The lowest BCUT2D eigenvalue weighted by Gasteiger charge is -2.09. The van der Waals surface area contributed by atoms with Crippen LogP contribution in [0.3, 0.4) is 0 Å². The minimum atomic E-state index is 0.691. The van der Waals surface area contributed by atoms with E-state index in [1.54, 1.807) is 0 Å². The summed E-state index contributed by atoms with van der Waals surface area (Å²) in [4.78, 5) is 9.95. The van der Waals surface area contributed by atoms with Crippen molar-refractivity contribution in [1.82, 2.24) is 9.97 Å². The van der Waals surface area contributed by atoms with E-state index >= 15 is 0 Å². The van der Waals surface area contributed by atoms with Crippen LogP contribution in [0.2, 0.25) is 0 Å². The second kappa shape index (κ2) is 9.79. The number of benzene rings is 6. The van der Waals surface area contributed by atoms with Crippen LogP contribution in [-0.2, 0) is 0 Å². The molecule has 4 nitrogen and oxygen atoms in total. The second-order valence-corrected chi connectivity index (χ2v) is 11.0. The van der Waals surface area contributed by atoms with Crippen LogP contribution < -0.4 is 0 Å². The summed E-state index contributed by atoms with van der Waals surface area (Å²) in [5.41, 5.74) is 10.4. The van der Waals surface area contributed by atoms with E-state index in [0.29, 0.717) is 5.82 Å². The van der Waals surface area contributed by atoms with E-state index in [4.69, 9.17) is 18.8 Å². The maximum atomic E-state index is 6.49. The van der Waals surface area contributed by atoms with Gasteiger partial charge in [-0.15, -0.1) is 0 Å². The highest BCUT2D eigenvalue weighted by molar-refractivity contribution is 6.14. The van der Waals surface area contributed by atoms with Crippen LogP contribution in [-0.4, -0.2) is 9.97 Å². The van der Waals surface area contributed by atoms with Crippen molar-refractivity contribution in [1.29, 1.82) is 0 Å². The number of fused-ring (bicyclic) bond motifs is 6. The Morgan fingerprint density at radius 3 is 1.86 bits per heavy atom. The van der Waals surface area contributed by atoms with Gasteiger partial charge in [0.2, 0.25) is 0 Å². The Morgan fingerprint density at radius 1 is 0.364 bits per heavy atom. The van der Waals surface area contributed by atoms with Gasteiger partial charge >= 0.3 is 0 Å². The van der Waals surface area contributed by atoms with Crippen molar-refractivity contribution in [3.8, 4) is 45.0 Å². The molecule has 9 aromatic rings. The molecule has 0 N–H and O–H groups in total. The average molecular weight is 565 g/mol. The van der Waals surface area contributed by atoms with Crippen molar-refractivity contribution >= 4 is 43.9 Å². The van der Waals surface area contributed by atoms with E-state index in [-0.39, 0.29) is 0 Å².